The number of nitrogens with zero attached hydrogens (tertiary/aromatic N) is 1. The molecule has 154 valence electrons. The molecule has 0 amide bonds. The standard InChI is InChI=1S/C21H39NO4.Na.H/c1-2-3-4-5-6-7-8-9-10-11-12-13-14-17-20(23)26-22-18-15-16-19(22)21(24)25;;/h19H,2-18H2,1H3,(H,24,25);;. The first kappa shape index (κ1) is 26.9. The molecule has 6 heteroatoms. The Bertz CT molecular complexity index is 392. The predicted octanol–water partition coefficient (Wildman–Crippen LogP) is 4.83. The fraction of sp³-hybridized carbons (Fsp3) is 0.905. The van der Waals surface area contributed by atoms with Crippen molar-refractivity contribution in [3.8, 4) is 0 Å². The number of hydrogen-bond donors (Lipinski definition) is 1. The number of carbonyl (C=O) groups excluding carboxylic acids is 1. The van der Waals surface area contributed by atoms with Gasteiger partial charge in [-0.3, -0.25) is 9.59 Å². The van der Waals surface area contributed by atoms with E-state index >= 15 is 0 Å². The first-order chi connectivity index (χ1) is 12.6. The van der Waals surface area contributed by atoms with Crippen molar-refractivity contribution in [2.75, 3.05) is 6.54 Å². The summed E-state index contributed by atoms with van der Waals surface area (Å²) in [7, 11) is 0. The van der Waals surface area contributed by atoms with Crippen LogP contribution in [0.15, 0.2) is 0 Å². The van der Waals surface area contributed by atoms with Gasteiger partial charge in [0, 0.05) is 13.0 Å². The van der Waals surface area contributed by atoms with Crippen LogP contribution in [-0.4, -0.2) is 64.3 Å². The molecule has 1 atom stereocenters. The van der Waals surface area contributed by atoms with Gasteiger partial charge in [-0.15, -0.1) is 5.06 Å². The molecule has 1 rings (SSSR count). The molecule has 0 aromatic carbocycles. The van der Waals surface area contributed by atoms with E-state index in [1.54, 1.807) is 0 Å². The summed E-state index contributed by atoms with van der Waals surface area (Å²) in [4.78, 5) is 28.1. The van der Waals surface area contributed by atoms with Crippen molar-refractivity contribution >= 4 is 41.5 Å². The third-order valence-corrected chi connectivity index (χ3v) is 5.19. The molecule has 0 radical (unpaired) electrons. The van der Waals surface area contributed by atoms with Crippen LogP contribution in [0.3, 0.4) is 0 Å². The van der Waals surface area contributed by atoms with Gasteiger partial charge < -0.3 is 9.94 Å². The van der Waals surface area contributed by atoms with Crippen molar-refractivity contribution < 1.29 is 19.5 Å². The van der Waals surface area contributed by atoms with Gasteiger partial charge in [0.15, 0.2) is 0 Å². The van der Waals surface area contributed by atoms with E-state index in [1.807, 2.05) is 0 Å². The summed E-state index contributed by atoms with van der Waals surface area (Å²) in [5, 5.41) is 10.4. The van der Waals surface area contributed by atoms with Crippen molar-refractivity contribution in [3.63, 3.8) is 0 Å². The molecule has 0 aromatic heterocycles. The number of carbonyl (C=O) groups is 2. The summed E-state index contributed by atoms with van der Waals surface area (Å²) in [5.74, 6) is -1.20. The van der Waals surface area contributed by atoms with Gasteiger partial charge in [-0.2, -0.15) is 0 Å². The van der Waals surface area contributed by atoms with E-state index in [0.29, 0.717) is 19.4 Å². The average Bonchev–Trinajstić information content (AvgIpc) is 3.07. The maximum atomic E-state index is 11.8. The van der Waals surface area contributed by atoms with Crippen molar-refractivity contribution in [1.82, 2.24) is 5.06 Å². The van der Waals surface area contributed by atoms with Gasteiger partial charge in [0.05, 0.1) is 0 Å². The second kappa shape index (κ2) is 18.0. The van der Waals surface area contributed by atoms with E-state index in [9.17, 15) is 9.59 Å². The summed E-state index contributed by atoms with van der Waals surface area (Å²) in [6.07, 6.45) is 18.3. The summed E-state index contributed by atoms with van der Waals surface area (Å²) >= 11 is 0. The molecule has 0 bridgehead atoms. The second-order valence-corrected chi connectivity index (χ2v) is 7.59. The van der Waals surface area contributed by atoms with Gasteiger partial charge in [0.1, 0.15) is 6.04 Å². The number of carboxylic acids is 1. The Morgan fingerprint density at radius 2 is 1.37 bits per heavy atom. The molecule has 0 aliphatic carbocycles. The van der Waals surface area contributed by atoms with Gasteiger partial charge in [-0.1, -0.05) is 84.0 Å². The third kappa shape index (κ3) is 13.7. The molecule has 27 heavy (non-hydrogen) atoms. The number of rotatable bonds is 16. The van der Waals surface area contributed by atoms with E-state index in [2.05, 4.69) is 6.92 Å². The molecular formula is C21H40NNaO4. The molecule has 1 N–H and O–H groups in total. The van der Waals surface area contributed by atoms with E-state index in [1.165, 1.54) is 75.7 Å². The predicted molar refractivity (Wildman–Crippen MR) is 111 cm³/mol. The summed E-state index contributed by atoms with van der Waals surface area (Å²) < 4.78 is 0. The van der Waals surface area contributed by atoms with Crippen LogP contribution in [0.1, 0.15) is 110 Å². The van der Waals surface area contributed by atoms with Crippen LogP contribution >= 0.6 is 0 Å². The van der Waals surface area contributed by atoms with Crippen LogP contribution in [0.4, 0.5) is 0 Å². The molecule has 1 fully saturated rings. The zero-order valence-corrected chi connectivity index (χ0v) is 16.7. The van der Waals surface area contributed by atoms with Crippen molar-refractivity contribution in [2.24, 2.45) is 0 Å². The first-order valence-electron chi connectivity index (χ1n) is 10.9. The second-order valence-electron chi connectivity index (χ2n) is 7.59. The van der Waals surface area contributed by atoms with E-state index < -0.39 is 12.0 Å². The van der Waals surface area contributed by atoms with Crippen LogP contribution in [-0.2, 0) is 14.4 Å². The van der Waals surface area contributed by atoms with Crippen LogP contribution in [0.2, 0.25) is 0 Å². The van der Waals surface area contributed by atoms with Gasteiger partial charge in [0.2, 0.25) is 0 Å². The Labute approximate surface area is 187 Å². The third-order valence-electron chi connectivity index (χ3n) is 5.19. The quantitative estimate of drug-likeness (QED) is 0.301. The molecule has 1 saturated heterocycles. The summed E-state index contributed by atoms with van der Waals surface area (Å²) in [5.41, 5.74) is 0. The molecule has 0 aromatic rings. The number of unbranched alkanes of at least 4 members (excludes halogenated alkanes) is 12. The number of aliphatic carboxylic acids is 1. The number of hydroxylamine groups is 2. The minimum atomic E-state index is -0.906. The Morgan fingerprint density at radius 1 is 0.889 bits per heavy atom. The topological polar surface area (TPSA) is 66.8 Å². The average molecular weight is 394 g/mol. The fourth-order valence-electron chi connectivity index (χ4n) is 3.56. The molecular weight excluding hydrogens is 353 g/mol. The maximum absolute atomic E-state index is 11.8. The van der Waals surface area contributed by atoms with Gasteiger partial charge >= 0.3 is 41.5 Å². The van der Waals surface area contributed by atoms with Gasteiger partial charge in [0.25, 0.3) is 0 Å². The van der Waals surface area contributed by atoms with Gasteiger partial charge in [-0.05, 0) is 19.3 Å². The molecule has 0 saturated carbocycles. The van der Waals surface area contributed by atoms with Crippen LogP contribution in [0.5, 0.6) is 0 Å². The first-order valence-corrected chi connectivity index (χ1v) is 10.9. The molecule has 1 heterocycles. The van der Waals surface area contributed by atoms with E-state index in [0.717, 1.165) is 19.3 Å². The Kier molecular flexibility index (Phi) is 17.9. The SMILES string of the molecule is CCCCCCCCCCCCCCCC(=O)ON1CCCC1C(=O)O.[NaH]. The zero-order chi connectivity index (χ0) is 19.0. The molecule has 5 nitrogen and oxygen atoms in total. The monoisotopic (exact) mass is 393 g/mol. The van der Waals surface area contributed by atoms with Crippen molar-refractivity contribution in [3.05, 3.63) is 0 Å². The fourth-order valence-corrected chi connectivity index (χ4v) is 3.56. The van der Waals surface area contributed by atoms with Crippen molar-refractivity contribution in [1.29, 1.82) is 0 Å². The van der Waals surface area contributed by atoms with Gasteiger partial charge in [-0.25, -0.2) is 0 Å². The summed E-state index contributed by atoms with van der Waals surface area (Å²) in [6.45, 7) is 2.78. The van der Waals surface area contributed by atoms with Crippen molar-refractivity contribution in [2.45, 2.75) is 116 Å². The molecule has 1 aliphatic heterocycles. The molecule has 0 spiro atoms. The number of carboxylic acid groups (broad SMARTS) is 1. The van der Waals surface area contributed by atoms with E-state index in [4.69, 9.17) is 9.94 Å². The molecule has 1 unspecified atom stereocenters. The minimum absolute atomic E-state index is 0. The normalized spacial score (nSPS) is 16.9. The van der Waals surface area contributed by atoms with Crippen LogP contribution in [0.25, 0.3) is 0 Å². The number of hydrogen-bond acceptors (Lipinski definition) is 4. The van der Waals surface area contributed by atoms with Crippen LogP contribution < -0.4 is 0 Å². The summed E-state index contributed by atoms with van der Waals surface area (Å²) in [6, 6.07) is -0.661. The molecule has 1 aliphatic rings. The van der Waals surface area contributed by atoms with Crippen LogP contribution in [0, 0.1) is 0 Å². The Morgan fingerprint density at radius 3 is 1.85 bits per heavy atom. The van der Waals surface area contributed by atoms with E-state index in [-0.39, 0.29) is 35.5 Å². The Balaban J connectivity index is 0.00000676. The zero-order valence-electron chi connectivity index (χ0n) is 16.7. The Hall–Kier alpha value is -0.100.